The summed E-state index contributed by atoms with van der Waals surface area (Å²) in [5, 5.41) is 8.46. The molecule has 1 atom stereocenters. The SMILES string of the molecule is O=C(N1CCC(Cc2nncn2-c2ccccc2)C1)C1(c2ccccc2)CC1. The molecular weight excluding hydrogens is 348 g/mol. The van der Waals surface area contributed by atoms with Crippen molar-refractivity contribution >= 4 is 5.91 Å². The lowest BCUT2D eigenvalue weighted by Crippen LogP contribution is -2.38. The molecule has 0 radical (unpaired) electrons. The van der Waals surface area contributed by atoms with Gasteiger partial charge in [-0.1, -0.05) is 48.5 Å². The van der Waals surface area contributed by atoms with Gasteiger partial charge in [0.1, 0.15) is 12.2 Å². The second-order valence-corrected chi connectivity index (χ2v) is 8.01. The Bertz CT molecular complexity index is 963. The van der Waals surface area contributed by atoms with Crippen LogP contribution in [-0.2, 0) is 16.6 Å². The molecule has 0 N–H and O–H groups in total. The molecule has 1 amide bonds. The van der Waals surface area contributed by atoms with E-state index in [1.165, 1.54) is 5.56 Å². The fourth-order valence-corrected chi connectivity index (χ4v) is 4.46. The minimum Gasteiger partial charge on any atom is -0.342 e. The molecule has 0 spiro atoms. The number of hydrogen-bond donors (Lipinski definition) is 0. The number of rotatable bonds is 5. The second kappa shape index (κ2) is 6.89. The Morgan fingerprint density at radius 2 is 1.75 bits per heavy atom. The van der Waals surface area contributed by atoms with Crippen LogP contribution < -0.4 is 0 Å². The lowest BCUT2D eigenvalue weighted by molar-refractivity contribution is -0.133. The zero-order valence-electron chi connectivity index (χ0n) is 15.9. The summed E-state index contributed by atoms with van der Waals surface area (Å²) in [6, 6.07) is 20.5. The van der Waals surface area contributed by atoms with Gasteiger partial charge in [0.05, 0.1) is 5.41 Å². The summed E-state index contributed by atoms with van der Waals surface area (Å²) in [5.74, 6) is 1.71. The predicted molar refractivity (Wildman–Crippen MR) is 107 cm³/mol. The molecular formula is C23H24N4O. The van der Waals surface area contributed by atoms with Crippen molar-refractivity contribution in [2.75, 3.05) is 13.1 Å². The molecule has 1 aliphatic heterocycles. The number of amides is 1. The predicted octanol–water partition coefficient (Wildman–Crippen LogP) is 3.39. The Hall–Kier alpha value is -2.95. The minimum atomic E-state index is -0.264. The fourth-order valence-electron chi connectivity index (χ4n) is 4.46. The number of para-hydroxylation sites is 1. The molecule has 0 bridgehead atoms. The molecule has 5 nitrogen and oxygen atoms in total. The summed E-state index contributed by atoms with van der Waals surface area (Å²) < 4.78 is 2.05. The lowest BCUT2D eigenvalue weighted by Gasteiger charge is -2.23. The van der Waals surface area contributed by atoms with E-state index in [0.717, 1.165) is 50.3 Å². The third kappa shape index (κ3) is 3.01. The molecule has 1 saturated carbocycles. The fraction of sp³-hybridized carbons (Fsp3) is 0.348. The van der Waals surface area contributed by atoms with Crippen molar-refractivity contribution < 1.29 is 4.79 Å². The Labute approximate surface area is 165 Å². The zero-order valence-corrected chi connectivity index (χ0v) is 15.9. The van der Waals surface area contributed by atoms with Gasteiger partial charge in [0, 0.05) is 25.2 Å². The average Bonchev–Trinajstić information content (AvgIpc) is 3.21. The number of benzene rings is 2. The van der Waals surface area contributed by atoms with Crippen molar-refractivity contribution in [2.45, 2.75) is 31.1 Å². The van der Waals surface area contributed by atoms with Crippen LogP contribution in [0.1, 0.15) is 30.7 Å². The van der Waals surface area contributed by atoms with E-state index >= 15 is 0 Å². The average molecular weight is 372 g/mol. The first-order chi connectivity index (χ1) is 13.8. The van der Waals surface area contributed by atoms with Crippen molar-refractivity contribution in [1.29, 1.82) is 0 Å². The molecule has 3 aromatic rings. The topological polar surface area (TPSA) is 51.0 Å². The highest BCUT2D eigenvalue weighted by Gasteiger charge is 2.53. The largest absolute Gasteiger partial charge is 0.342 e. The van der Waals surface area contributed by atoms with Crippen molar-refractivity contribution in [3.8, 4) is 5.69 Å². The molecule has 1 saturated heterocycles. The highest BCUT2D eigenvalue weighted by Crippen LogP contribution is 2.50. The number of carbonyl (C=O) groups is 1. The maximum absolute atomic E-state index is 13.3. The monoisotopic (exact) mass is 372 g/mol. The van der Waals surface area contributed by atoms with Crippen molar-refractivity contribution in [1.82, 2.24) is 19.7 Å². The molecule has 2 aromatic carbocycles. The van der Waals surface area contributed by atoms with E-state index in [2.05, 4.69) is 43.9 Å². The van der Waals surface area contributed by atoms with Crippen LogP contribution in [0.4, 0.5) is 0 Å². The Morgan fingerprint density at radius 3 is 2.46 bits per heavy atom. The van der Waals surface area contributed by atoms with Gasteiger partial charge in [-0.05, 0) is 42.9 Å². The highest BCUT2D eigenvalue weighted by atomic mass is 16.2. The van der Waals surface area contributed by atoms with Gasteiger partial charge in [0.15, 0.2) is 0 Å². The third-order valence-corrected chi connectivity index (χ3v) is 6.18. The molecule has 2 aliphatic rings. The molecule has 2 fully saturated rings. The number of aromatic nitrogens is 3. The summed E-state index contributed by atoms with van der Waals surface area (Å²) in [5.41, 5.74) is 1.99. The standard InChI is InChI=1S/C23H24N4O/c28-22(23(12-13-23)19-7-3-1-4-8-19)26-14-11-18(16-26)15-21-25-24-17-27(21)20-9-5-2-6-10-20/h1-10,17-18H,11-16H2. The van der Waals surface area contributed by atoms with Crippen molar-refractivity contribution in [3.63, 3.8) is 0 Å². The van der Waals surface area contributed by atoms with Gasteiger partial charge < -0.3 is 4.90 Å². The Balaban J connectivity index is 1.28. The van der Waals surface area contributed by atoms with Crippen LogP contribution in [0.5, 0.6) is 0 Å². The van der Waals surface area contributed by atoms with E-state index in [-0.39, 0.29) is 5.41 Å². The normalized spacial score (nSPS) is 20.3. The molecule has 5 heteroatoms. The van der Waals surface area contributed by atoms with Crippen LogP contribution in [0, 0.1) is 5.92 Å². The first-order valence-electron chi connectivity index (χ1n) is 10.1. The van der Waals surface area contributed by atoms with Gasteiger partial charge in [-0.25, -0.2) is 0 Å². The van der Waals surface area contributed by atoms with Gasteiger partial charge in [-0.3, -0.25) is 9.36 Å². The summed E-state index contributed by atoms with van der Waals surface area (Å²) in [6.45, 7) is 1.66. The van der Waals surface area contributed by atoms with Crippen LogP contribution >= 0.6 is 0 Å². The van der Waals surface area contributed by atoms with Crippen LogP contribution in [0.25, 0.3) is 5.69 Å². The van der Waals surface area contributed by atoms with Gasteiger partial charge in [-0.2, -0.15) is 0 Å². The molecule has 142 valence electrons. The summed E-state index contributed by atoms with van der Waals surface area (Å²) >= 11 is 0. The van der Waals surface area contributed by atoms with Crippen molar-refractivity contribution in [2.24, 2.45) is 5.92 Å². The minimum absolute atomic E-state index is 0.264. The quantitative estimate of drug-likeness (QED) is 0.690. The number of hydrogen-bond acceptors (Lipinski definition) is 3. The van der Waals surface area contributed by atoms with Gasteiger partial charge in [0.25, 0.3) is 0 Å². The maximum atomic E-state index is 13.3. The Kier molecular flexibility index (Phi) is 4.23. The highest BCUT2D eigenvalue weighted by molar-refractivity contribution is 5.91. The van der Waals surface area contributed by atoms with E-state index in [4.69, 9.17) is 0 Å². The molecule has 5 rings (SSSR count). The number of carbonyl (C=O) groups excluding carboxylic acids is 1. The van der Waals surface area contributed by atoms with E-state index in [1.807, 2.05) is 36.4 Å². The van der Waals surface area contributed by atoms with Crippen LogP contribution in [0.2, 0.25) is 0 Å². The smallest absolute Gasteiger partial charge is 0.233 e. The van der Waals surface area contributed by atoms with E-state index < -0.39 is 0 Å². The van der Waals surface area contributed by atoms with Gasteiger partial charge in [-0.15, -0.1) is 10.2 Å². The molecule has 1 aromatic heterocycles. The Morgan fingerprint density at radius 1 is 1.04 bits per heavy atom. The summed E-state index contributed by atoms with van der Waals surface area (Å²) in [7, 11) is 0. The number of likely N-dealkylation sites (tertiary alicyclic amines) is 1. The molecule has 2 heterocycles. The molecule has 1 aliphatic carbocycles. The zero-order chi connectivity index (χ0) is 19.0. The van der Waals surface area contributed by atoms with E-state index in [1.54, 1.807) is 6.33 Å². The molecule has 1 unspecified atom stereocenters. The van der Waals surface area contributed by atoms with E-state index in [0.29, 0.717) is 11.8 Å². The summed E-state index contributed by atoms with van der Waals surface area (Å²) in [4.78, 5) is 15.3. The van der Waals surface area contributed by atoms with Gasteiger partial charge in [0.2, 0.25) is 5.91 Å². The first kappa shape index (κ1) is 17.2. The first-order valence-corrected chi connectivity index (χ1v) is 10.1. The van der Waals surface area contributed by atoms with Crippen LogP contribution in [-0.4, -0.2) is 38.7 Å². The summed E-state index contributed by atoms with van der Waals surface area (Å²) in [6.07, 6.45) is 5.59. The second-order valence-electron chi connectivity index (χ2n) is 8.01. The van der Waals surface area contributed by atoms with Gasteiger partial charge >= 0.3 is 0 Å². The van der Waals surface area contributed by atoms with Crippen LogP contribution in [0.3, 0.4) is 0 Å². The third-order valence-electron chi connectivity index (χ3n) is 6.18. The van der Waals surface area contributed by atoms with Crippen molar-refractivity contribution in [3.05, 3.63) is 78.4 Å². The lowest BCUT2D eigenvalue weighted by atomic mass is 9.94. The van der Waals surface area contributed by atoms with E-state index in [9.17, 15) is 4.79 Å². The maximum Gasteiger partial charge on any atom is 0.233 e. The van der Waals surface area contributed by atoms with Crippen LogP contribution in [0.15, 0.2) is 67.0 Å². The molecule has 28 heavy (non-hydrogen) atoms. The number of nitrogens with zero attached hydrogens (tertiary/aromatic N) is 4.